The fourth-order valence-corrected chi connectivity index (χ4v) is 2.88. The molecule has 1 aromatic carbocycles. The van der Waals surface area contributed by atoms with Crippen molar-refractivity contribution in [3.8, 4) is 0 Å². The number of nitrogens with one attached hydrogen (secondary N) is 1. The molecule has 0 radical (unpaired) electrons. The zero-order valence-corrected chi connectivity index (χ0v) is 14.0. The van der Waals surface area contributed by atoms with E-state index in [1.165, 1.54) is 18.2 Å². The molecule has 1 saturated heterocycles. The molecular weight excluding hydrogens is 319 g/mol. The molecule has 1 aliphatic heterocycles. The molecule has 1 N–H and O–H groups in total. The summed E-state index contributed by atoms with van der Waals surface area (Å²) in [6, 6.07) is 4.12. The van der Waals surface area contributed by atoms with Crippen molar-refractivity contribution < 1.29 is 14.0 Å². The zero-order valence-electron chi connectivity index (χ0n) is 13.3. The molecule has 23 heavy (non-hydrogen) atoms. The lowest BCUT2D eigenvalue weighted by molar-refractivity contribution is -0.134. The van der Waals surface area contributed by atoms with Crippen molar-refractivity contribution in [1.29, 1.82) is 0 Å². The Morgan fingerprint density at radius 3 is 2.65 bits per heavy atom. The number of likely N-dealkylation sites (tertiary alicyclic amines) is 1. The second-order valence-electron chi connectivity index (χ2n) is 5.88. The van der Waals surface area contributed by atoms with Gasteiger partial charge in [-0.25, -0.2) is 4.39 Å². The number of halogens is 2. The topological polar surface area (TPSA) is 49.4 Å². The Bertz CT molecular complexity index is 572. The van der Waals surface area contributed by atoms with Gasteiger partial charge in [0.05, 0.1) is 5.02 Å². The van der Waals surface area contributed by atoms with E-state index in [9.17, 15) is 14.0 Å². The number of anilines is 1. The smallest absolute Gasteiger partial charge is 0.227 e. The fraction of sp³-hybridized carbons (Fsp3) is 0.529. The molecule has 0 bridgehead atoms. The average molecular weight is 341 g/mol. The van der Waals surface area contributed by atoms with Crippen molar-refractivity contribution in [2.75, 3.05) is 18.4 Å². The lowest BCUT2D eigenvalue weighted by atomic mass is 9.95. The molecular formula is C17H22ClFN2O2. The summed E-state index contributed by atoms with van der Waals surface area (Å²) in [6.45, 7) is 3.29. The number of piperidine rings is 1. The van der Waals surface area contributed by atoms with Crippen LogP contribution >= 0.6 is 11.6 Å². The van der Waals surface area contributed by atoms with E-state index < -0.39 is 5.82 Å². The van der Waals surface area contributed by atoms with Crippen molar-refractivity contribution in [1.82, 2.24) is 4.90 Å². The van der Waals surface area contributed by atoms with E-state index in [2.05, 4.69) is 12.2 Å². The first kappa shape index (κ1) is 17.7. The third kappa shape index (κ3) is 4.93. The van der Waals surface area contributed by atoms with Crippen molar-refractivity contribution >= 4 is 29.1 Å². The maximum Gasteiger partial charge on any atom is 0.227 e. The largest absolute Gasteiger partial charge is 0.343 e. The van der Waals surface area contributed by atoms with Crippen molar-refractivity contribution in [2.24, 2.45) is 5.92 Å². The molecule has 1 aliphatic rings. The van der Waals surface area contributed by atoms with E-state index >= 15 is 0 Å². The van der Waals surface area contributed by atoms with Crippen LogP contribution in [0.25, 0.3) is 0 Å². The molecule has 0 saturated carbocycles. The minimum atomic E-state index is -0.511. The number of hydrogen-bond donors (Lipinski definition) is 1. The summed E-state index contributed by atoms with van der Waals surface area (Å²) in [6.07, 6.45) is 3.80. The molecule has 2 amide bonds. The molecule has 6 heteroatoms. The summed E-state index contributed by atoms with van der Waals surface area (Å²) in [5.41, 5.74) is 0.489. The summed E-state index contributed by atoms with van der Waals surface area (Å²) in [7, 11) is 0. The first-order valence-corrected chi connectivity index (χ1v) is 8.42. The molecule has 0 aliphatic carbocycles. The number of benzene rings is 1. The predicted molar refractivity (Wildman–Crippen MR) is 88.9 cm³/mol. The molecule has 1 aromatic rings. The van der Waals surface area contributed by atoms with Gasteiger partial charge in [0.15, 0.2) is 0 Å². The second kappa shape index (κ2) is 8.29. The van der Waals surface area contributed by atoms with Gasteiger partial charge in [0, 0.05) is 31.1 Å². The van der Waals surface area contributed by atoms with E-state index in [0.29, 0.717) is 38.0 Å². The Morgan fingerprint density at radius 1 is 1.35 bits per heavy atom. The van der Waals surface area contributed by atoms with Crippen LogP contribution in [0, 0.1) is 11.7 Å². The normalized spacial score (nSPS) is 15.5. The van der Waals surface area contributed by atoms with E-state index in [1.54, 1.807) is 0 Å². The van der Waals surface area contributed by atoms with Gasteiger partial charge in [0.25, 0.3) is 0 Å². The Kier molecular flexibility index (Phi) is 6.39. The van der Waals surface area contributed by atoms with Crippen LogP contribution in [0.1, 0.15) is 39.0 Å². The van der Waals surface area contributed by atoms with Crippen LogP contribution in [0.2, 0.25) is 5.02 Å². The van der Waals surface area contributed by atoms with Gasteiger partial charge in [-0.05, 0) is 37.5 Å². The SMILES string of the molecule is CCCCC(=O)N1CCC(C(=O)Nc2ccc(F)c(Cl)c2)CC1. The summed E-state index contributed by atoms with van der Waals surface area (Å²) in [4.78, 5) is 26.1. The van der Waals surface area contributed by atoms with Gasteiger partial charge in [0.1, 0.15) is 5.82 Å². The van der Waals surface area contributed by atoms with Crippen LogP contribution in [0.5, 0.6) is 0 Å². The number of carbonyl (C=O) groups excluding carboxylic acids is 2. The Morgan fingerprint density at radius 2 is 2.04 bits per heavy atom. The first-order valence-electron chi connectivity index (χ1n) is 8.05. The standard InChI is InChI=1S/C17H22ClFN2O2/c1-2-3-4-16(22)21-9-7-12(8-10-21)17(23)20-13-5-6-15(19)14(18)11-13/h5-6,11-12H,2-4,7-10H2,1H3,(H,20,23). The van der Waals surface area contributed by atoms with Crippen LogP contribution in [0.15, 0.2) is 18.2 Å². The van der Waals surface area contributed by atoms with Gasteiger partial charge in [-0.15, -0.1) is 0 Å². The highest BCUT2D eigenvalue weighted by atomic mass is 35.5. The van der Waals surface area contributed by atoms with E-state index in [0.717, 1.165) is 12.8 Å². The Hall–Kier alpha value is -1.62. The number of unbranched alkanes of at least 4 members (excludes halogenated alkanes) is 1. The third-order valence-electron chi connectivity index (χ3n) is 4.15. The highest BCUT2D eigenvalue weighted by molar-refractivity contribution is 6.31. The molecule has 1 heterocycles. The van der Waals surface area contributed by atoms with Crippen LogP contribution in [0.3, 0.4) is 0 Å². The zero-order chi connectivity index (χ0) is 16.8. The van der Waals surface area contributed by atoms with Gasteiger partial charge >= 0.3 is 0 Å². The quantitative estimate of drug-likeness (QED) is 0.885. The maximum absolute atomic E-state index is 13.1. The maximum atomic E-state index is 13.1. The molecule has 0 unspecified atom stereocenters. The Labute approximate surface area is 141 Å². The molecule has 1 fully saturated rings. The molecule has 126 valence electrons. The second-order valence-corrected chi connectivity index (χ2v) is 6.28. The number of rotatable bonds is 5. The predicted octanol–water partition coefficient (Wildman–Crippen LogP) is 3.85. The summed E-state index contributed by atoms with van der Waals surface area (Å²) in [5.74, 6) is -0.568. The molecule has 0 aromatic heterocycles. The van der Waals surface area contributed by atoms with Gasteiger partial charge in [-0.2, -0.15) is 0 Å². The number of hydrogen-bond acceptors (Lipinski definition) is 2. The lowest BCUT2D eigenvalue weighted by Gasteiger charge is -2.31. The fourth-order valence-electron chi connectivity index (χ4n) is 2.70. The highest BCUT2D eigenvalue weighted by Gasteiger charge is 2.27. The van der Waals surface area contributed by atoms with Gasteiger partial charge < -0.3 is 10.2 Å². The molecule has 0 atom stereocenters. The number of carbonyl (C=O) groups is 2. The van der Waals surface area contributed by atoms with Crippen LogP contribution in [-0.2, 0) is 9.59 Å². The molecule has 0 spiro atoms. The van der Waals surface area contributed by atoms with Gasteiger partial charge in [-0.3, -0.25) is 9.59 Å². The van der Waals surface area contributed by atoms with E-state index in [1.807, 2.05) is 4.90 Å². The van der Waals surface area contributed by atoms with Crippen LogP contribution in [-0.4, -0.2) is 29.8 Å². The highest BCUT2D eigenvalue weighted by Crippen LogP contribution is 2.23. The molecule has 2 rings (SSSR count). The van der Waals surface area contributed by atoms with Gasteiger partial charge in [-0.1, -0.05) is 24.9 Å². The summed E-state index contributed by atoms with van der Waals surface area (Å²) in [5, 5.41) is 2.75. The minimum absolute atomic E-state index is 0.0147. The summed E-state index contributed by atoms with van der Waals surface area (Å²) < 4.78 is 13.1. The third-order valence-corrected chi connectivity index (χ3v) is 4.44. The van der Waals surface area contributed by atoms with E-state index in [4.69, 9.17) is 11.6 Å². The Balaban J connectivity index is 1.83. The van der Waals surface area contributed by atoms with Crippen LogP contribution < -0.4 is 5.32 Å². The molecule has 4 nitrogen and oxygen atoms in total. The van der Waals surface area contributed by atoms with Crippen molar-refractivity contribution in [3.63, 3.8) is 0 Å². The van der Waals surface area contributed by atoms with Crippen molar-refractivity contribution in [2.45, 2.75) is 39.0 Å². The first-order chi connectivity index (χ1) is 11.0. The summed E-state index contributed by atoms with van der Waals surface area (Å²) >= 11 is 5.71. The lowest BCUT2D eigenvalue weighted by Crippen LogP contribution is -2.41. The van der Waals surface area contributed by atoms with E-state index in [-0.39, 0.29) is 22.8 Å². The minimum Gasteiger partial charge on any atom is -0.343 e. The van der Waals surface area contributed by atoms with Crippen LogP contribution in [0.4, 0.5) is 10.1 Å². The average Bonchev–Trinajstić information content (AvgIpc) is 2.56. The number of nitrogens with zero attached hydrogens (tertiary/aromatic N) is 1. The van der Waals surface area contributed by atoms with Crippen molar-refractivity contribution in [3.05, 3.63) is 29.0 Å². The van der Waals surface area contributed by atoms with Gasteiger partial charge in [0.2, 0.25) is 11.8 Å². The number of amides is 2. The monoisotopic (exact) mass is 340 g/mol.